The molecular weight excluding hydrogens is 416 g/mol. The van der Waals surface area contributed by atoms with Crippen LogP contribution in [0.25, 0.3) is 0 Å². The van der Waals surface area contributed by atoms with Crippen molar-refractivity contribution in [1.29, 1.82) is 0 Å². The van der Waals surface area contributed by atoms with Crippen LogP contribution in [0.2, 0.25) is 0 Å². The topological polar surface area (TPSA) is 70.1 Å². The highest BCUT2D eigenvalue weighted by Gasteiger charge is 2.71. The van der Waals surface area contributed by atoms with E-state index in [2.05, 4.69) is 37.3 Å². The van der Waals surface area contributed by atoms with Crippen molar-refractivity contribution in [2.45, 2.75) is 70.8 Å². The number of esters is 1. The number of fused-ring (bicyclic) bond motifs is 3. The molecule has 0 unspecified atom stereocenters. The van der Waals surface area contributed by atoms with Crippen LogP contribution in [0.3, 0.4) is 0 Å². The second kappa shape index (κ2) is 7.89. The van der Waals surface area contributed by atoms with Gasteiger partial charge in [0.15, 0.2) is 5.78 Å². The zero-order valence-electron chi connectivity index (χ0n) is 20.8. The third-order valence-electron chi connectivity index (χ3n) is 10.8. The Kier molecular flexibility index (Phi) is 5.62. The van der Waals surface area contributed by atoms with Crippen molar-refractivity contribution in [1.82, 2.24) is 9.80 Å². The maximum Gasteiger partial charge on any atom is 0.312 e. The van der Waals surface area contributed by atoms with E-state index < -0.39 is 16.4 Å². The molecule has 4 saturated carbocycles. The van der Waals surface area contributed by atoms with E-state index in [-0.39, 0.29) is 29.0 Å². The van der Waals surface area contributed by atoms with Crippen LogP contribution >= 0.6 is 0 Å². The Morgan fingerprint density at radius 2 is 1.79 bits per heavy atom. The lowest BCUT2D eigenvalue weighted by Crippen LogP contribution is -2.60. The van der Waals surface area contributed by atoms with Crippen molar-refractivity contribution in [3.8, 4) is 0 Å². The molecule has 1 heterocycles. The number of hydrogen-bond donors (Lipinski definition) is 1. The fourth-order valence-electron chi connectivity index (χ4n) is 8.87. The maximum absolute atomic E-state index is 13.5. The molecular formula is C27H42N2O4. The van der Waals surface area contributed by atoms with Crippen molar-refractivity contribution in [2.75, 3.05) is 46.4 Å². The normalized spacial score (nSPS) is 46.1. The van der Waals surface area contributed by atoms with Crippen molar-refractivity contribution >= 4 is 11.8 Å². The number of likely N-dealkylation sites (N-methyl/N-ethyl adjacent to an activating group) is 1. The van der Waals surface area contributed by atoms with E-state index in [1.165, 1.54) is 0 Å². The lowest BCUT2D eigenvalue weighted by Gasteiger charge is -2.63. The van der Waals surface area contributed by atoms with Crippen LogP contribution in [-0.4, -0.2) is 78.6 Å². The Morgan fingerprint density at radius 3 is 2.52 bits per heavy atom. The first kappa shape index (κ1) is 23.5. The fraction of sp³-hybridized carbons (Fsp3) is 0.852. The van der Waals surface area contributed by atoms with Gasteiger partial charge in [-0.1, -0.05) is 19.9 Å². The summed E-state index contributed by atoms with van der Waals surface area (Å²) < 4.78 is 5.94. The minimum Gasteiger partial charge on any atom is -0.464 e. The molecule has 6 nitrogen and oxygen atoms in total. The summed E-state index contributed by atoms with van der Waals surface area (Å²) >= 11 is 0. The number of aliphatic hydroxyl groups is 1. The predicted octanol–water partition coefficient (Wildman–Crippen LogP) is 3.04. The average molecular weight is 459 g/mol. The molecule has 5 fully saturated rings. The monoisotopic (exact) mass is 458 g/mol. The van der Waals surface area contributed by atoms with Crippen LogP contribution in [0, 0.1) is 28.1 Å². The first-order chi connectivity index (χ1) is 15.6. The number of ketones is 1. The number of piperazine rings is 1. The molecule has 4 aliphatic carbocycles. The van der Waals surface area contributed by atoms with Crippen molar-refractivity contribution in [3.63, 3.8) is 0 Å². The summed E-state index contributed by atoms with van der Waals surface area (Å²) in [7, 11) is 2.15. The number of carbonyl (C=O) groups excluding carboxylic acids is 2. The van der Waals surface area contributed by atoms with Gasteiger partial charge in [0.05, 0.1) is 11.0 Å². The van der Waals surface area contributed by atoms with Crippen LogP contribution < -0.4 is 0 Å². The van der Waals surface area contributed by atoms with E-state index in [1.807, 2.05) is 0 Å². The van der Waals surface area contributed by atoms with E-state index in [4.69, 9.17) is 4.74 Å². The van der Waals surface area contributed by atoms with E-state index in [1.54, 1.807) is 0 Å². The highest BCUT2D eigenvalue weighted by atomic mass is 16.5. The Morgan fingerprint density at radius 1 is 1.09 bits per heavy atom. The van der Waals surface area contributed by atoms with Gasteiger partial charge in [-0.15, -0.1) is 0 Å². The SMILES string of the molecule is C=C1C(=O)[C@@]23CC[C@H]4[C@@](C)(CCC[C@@]4(C)C(=O)OCCN4CCN(C)CC4)[C@@H]2CC[C@]1(O)C3. The van der Waals surface area contributed by atoms with Crippen LogP contribution in [0.15, 0.2) is 12.2 Å². The predicted molar refractivity (Wildman–Crippen MR) is 127 cm³/mol. The summed E-state index contributed by atoms with van der Waals surface area (Å²) in [5.41, 5.74) is -1.61. The molecule has 1 spiro atoms. The van der Waals surface area contributed by atoms with E-state index in [9.17, 15) is 14.7 Å². The lowest BCUT2D eigenvalue weighted by molar-refractivity contribution is -0.191. The van der Waals surface area contributed by atoms with Crippen molar-refractivity contribution in [3.05, 3.63) is 12.2 Å². The number of Topliss-reactive ketones (excluding diaryl/α,β-unsaturated/α-hetero) is 1. The molecule has 2 bridgehead atoms. The Hall–Kier alpha value is -1.24. The van der Waals surface area contributed by atoms with Gasteiger partial charge in [-0.3, -0.25) is 14.5 Å². The Labute approximate surface area is 198 Å². The van der Waals surface area contributed by atoms with Gasteiger partial charge in [0, 0.05) is 43.7 Å². The van der Waals surface area contributed by atoms with Gasteiger partial charge in [0.25, 0.3) is 0 Å². The molecule has 0 aromatic heterocycles. The summed E-state index contributed by atoms with van der Waals surface area (Å²) in [5.74, 6) is 0.499. The summed E-state index contributed by atoms with van der Waals surface area (Å²) in [6.45, 7) is 13.9. The second-order valence-electron chi connectivity index (χ2n) is 12.4. The quantitative estimate of drug-likeness (QED) is 0.516. The lowest BCUT2D eigenvalue weighted by atomic mass is 9.40. The first-order valence-corrected chi connectivity index (χ1v) is 13.1. The Balaban J connectivity index is 1.31. The zero-order valence-corrected chi connectivity index (χ0v) is 20.8. The van der Waals surface area contributed by atoms with Gasteiger partial charge in [-0.05, 0) is 76.2 Å². The highest BCUT2D eigenvalue weighted by Crippen LogP contribution is 2.71. The van der Waals surface area contributed by atoms with Gasteiger partial charge >= 0.3 is 5.97 Å². The van der Waals surface area contributed by atoms with Crippen LogP contribution in [0.1, 0.15) is 65.2 Å². The maximum atomic E-state index is 13.5. The largest absolute Gasteiger partial charge is 0.464 e. The minimum atomic E-state index is -1.00. The fourth-order valence-corrected chi connectivity index (χ4v) is 8.87. The third kappa shape index (κ3) is 3.38. The van der Waals surface area contributed by atoms with Crippen LogP contribution in [0.4, 0.5) is 0 Å². The molecule has 33 heavy (non-hydrogen) atoms. The van der Waals surface area contributed by atoms with Crippen LogP contribution in [-0.2, 0) is 14.3 Å². The standard InChI is InChI=1S/C27H42N2O4/c1-19-22(30)26-10-6-20-24(2,21(26)7-11-27(19,32)18-26)8-5-9-25(20,3)23(31)33-17-16-29-14-12-28(4)13-15-29/h20-21,32H,1,5-18H2,2-4H3/t20-,21-,24+,25+,26+,27-/m0/s1. The molecule has 0 amide bonds. The number of nitrogens with zero attached hydrogens (tertiary/aromatic N) is 2. The average Bonchev–Trinajstić information content (AvgIpc) is 2.91. The van der Waals surface area contributed by atoms with Gasteiger partial charge < -0.3 is 14.7 Å². The summed E-state index contributed by atoms with van der Waals surface area (Å²) in [4.78, 5) is 31.7. The third-order valence-corrected chi connectivity index (χ3v) is 10.8. The number of ether oxygens (including phenoxy) is 1. The van der Waals surface area contributed by atoms with Gasteiger partial charge in [0.2, 0.25) is 0 Å². The second-order valence-corrected chi connectivity index (χ2v) is 12.4. The zero-order chi connectivity index (χ0) is 23.6. The molecule has 1 N–H and O–H groups in total. The van der Waals surface area contributed by atoms with Crippen molar-refractivity contribution in [2.24, 2.45) is 28.1 Å². The van der Waals surface area contributed by atoms with Gasteiger partial charge in [0.1, 0.15) is 6.61 Å². The highest BCUT2D eigenvalue weighted by molar-refractivity contribution is 6.04. The molecule has 1 saturated heterocycles. The smallest absolute Gasteiger partial charge is 0.312 e. The van der Waals surface area contributed by atoms with Crippen LogP contribution in [0.5, 0.6) is 0 Å². The van der Waals surface area contributed by atoms with E-state index in [0.717, 1.165) is 71.2 Å². The summed E-state index contributed by atoms with van der Waals surface area (Å²) in [5, 5.41) is 11.1. The molecule has 6 atom stereocenters. The van der Waals surface area contributed by atoms with E-state index >= 15 is 0 Å². The van der Waals surface area contributed by atoms with E-state index in [0.29, 0.717) is 25.0 Å². The Bertz CT molecular complexity index is 851. The molecule has 6 heteroatoms. The van der Waals surface area contributed by atoms with Crippen molar-refractivity contribution < 1.29 is 19.4 Å². The first-order valence-electron chi connectivity index (χ1n) is 13.1. The van der Waals surface area contributed by atoms with Gasteiger partial charge in [-0.2, -0.15) is 0 Å². The summed E-state index contributed by atoms with van der Waals surface area (Å²) in [6.07, 6.45) is 6.53. The molecule has 1 aliphatic heterocycles. The summed E-state index contributed by atoms with van der Waals surface area (Å²) in [6, 6.07) is 0. The molecule has 0 aromatic carbocycles. The molecule has 5 aliphatic rings. The van der Waals surface area contributed by atoms with Gasteiger partial charge in [-0.25, -0.2) is 0 Å². The number of carbonyl (C=O) groups is 2. The minimum absolute atomic E-state index is 0.0435. The molecule has 0 radical (unpaired) electrons. The number of rotatable bonds is 4. The molecule has 5 rings (SSSR count). The molecule has 0 aromatic rings. The molecule has 184 valence electrons. The number of hydrogen-bond acceptors (Lipinski definition) is 6.